The first-order valence-corrected chi connectivity index (χ1v) is 11.7. The van der Waals surface area contributed by atoms with Crippen molar-refractivity contribution in [3.8, 4) is 5.75 Å². The number of benzene rings is 1. The largest absolute Gasteiger partial charge is 0.508 e. The average molecular weight is 520 g/mol. The van der Waals surface area contributed by atoms with Gasteiger partial charge in [0.05, 0.1) is 30.6 Å². The van der Waals surface area contributed by atoms with Crippen molar-refractivity contribution in [2.75, 3.05) is 13.2 Å². The van der Waals surface area contributed by atoms with E-state index in [9.17, 15) is 29.7 Å². The number of cyclic esters (lactones) is 1. The molecular formula is C25H28O12. The molecule has 0 aliphatic carbocycles. The molecule has 8 atom stereocenters. The van der Waals surface area contributed by atoms with Gasteiger partial charge in [0.15, 0.2) is 12.2 Å². The number of aliphatic hydroxyl groups is 2. The molecule has 0 saturated carbocycles. The van der Waals surface area contributed by atoms with Crippen LogP contribution in [0.4, 0.5) is 0 Å². The number of phenolic OH excluding ortho intramolecular Hbond substituents is 1. The maximum Gasteiger partial charge on any atom is 0.338 e. The Bertz CT molecular complexity index is 1070. The standard InChI is InChI=1S/C25H28O12/c1-3-15-16-7-8-32-23(31)17(16)11-33-24(15)37-25-21(36-22(30)13-5-4-6-14(28)9-13)20(34-12(2)27)19(29)18(10-26)35-25/h3-6,9,11,15-16,18-21,24-26,28-29H,1,7-8,10H2,2H3/t15-,16-,18-,19-,20+,21-,24-,25+/m1/s1. The van der Waals surface area contributed by atoms with E-state index in [1.165, 1.54) is 30.5 Å². The third-order valence-corrected chi connectivity index (χ3v) is 6.37. The molecule has 2 saturated heterocycles. The van der Waals surface area contributed by atoms with Gasteiger partial charge in [-0.05, 0) is 24.6 Å². The molecule has 3 N–H and O–H groups in total. The minimum Gasteiger partial charge on any atom is -0.508 e. The summed E-state index contributed by atoms with van der Waals surface area (Å²) in [5.41, 5.74) is 0.305. The van der Waals surface area contributed by atoms with Gasteiger partial charge in [-0.15, -0.1) is 6.58 Å². The summed E-state index contributed by atoms with van der Waals surface area (Å²) in [6.45, 7) is 4.46. The van der Waals surface area contributed by atoms with Crippen molar-refractivity contribution in [2.45, 2.75) is 50.3 Å². The van der Waals surface area contributed by atoms with Crippen LogP contribution in [0.1, 0.15) is 23.7 Å². The van der Waals surface area contributed by atoms with E-state index in [-0.39, 0.29) is 23.8 Å². The molecule has 0 unspecified atom stereocenters. The molecule has 0 amide bonds. The van der Waals surface area contributed by atoms with E-state index in [2.05, 4.69) is 6.58 Å². The van der Waals surface area contributed by atoms with Crippen LogP contribution in [0.3, 0.4) is 0 Å². The fourth-order valence-corrected chi connectivity index (χ4v) is 4.58. The lowest BCUT2D eigenvalue weighted by Gasteiger charge is -2.45. The highest BCUT2D eigenvalue weighted by atomic mass is 16.8. The van der Waals surface area contributed by atoms with Crippen LogP contribution >= 0.6 is 0 Å². The summed E-state index contributed by atoms with van der Waals surface area (Å²) in [4.78, 5) is 36.9. The number of esters is 3. The SMILES string of the molecule is C=C[C@H]1[C@@H](O[C@@H]2O[C@H](CO)[C@@H](O)[C@H](OC(C)=O)[C@H]2OC(=O)c2cccc(O)c2)OC=C2C(=O)OCC[C@@H]21. The number of fused-ring (bicyclic) bond motifs is 1. The summed E-state index contributed by atoms with van der Waals surface area (Å²) < 4.78 is 33.3. The Morgan fingerprint density at radius 1 is 1.22 bits per heavy atom. The first-order valence-electron chi connectivity index (χ1n) is 11.7. The maximum atomic E-state index is 12.9. The lowest BCUT2D eigenvalue weighted by molar-refractivity contribution is -0.339. The van der Waals surface area contributed by atoms with Gasteiger partial charge < -0.3 is 43.7 Å². The van der Waals surface area contributed by atoms with Crippen LogP contribution in [0.15, 0.2) is 48.8 Å². The van der Waals surface area contributed by atoms with Crippen molar-refractivity contribution in [3.05, 3.63) is 54.3 Å². The average Bonchev–Trinajstić information content (AvgIpc) is 2.87. The molecule has 3 aliphatic heterocycles. The monoisotopic (exact) mass is 520 g/mol. The second kappa shape index (κ2) is 11.3. The van der Waals surface area contributed by atoms with Crippen molar-refractivity contribution >= 4 is 17.9 Å². The zero-order valence-corrected chi connectivity index (χ0v) is 19.9. The van der Waals surface area contributed by atoms with E-state index >= 15 is 0 Å². The number of rotatable bonds is 7. The van der Waals surface area contributed by atoms with Crippen molar-refractivity contribution in [1.29, 1.82) is 0 Å². The highest BCUT2D eigenvalue weighted by Gasteiger charge is 2.52. The second-order valence-corrected chi connectivity index (χ2v) is 8.77. The fourth-order valence-electron chi connectivity index (χ4n) is 4.58. The quantitative estimate of drug-likeness (QED) is 0.260. The predicted octanol–water partition coefficient (Wildman–Crippen LogP) is 0.549. The van der Waals surface area contributed by atoms with Gasteiger partial charge in [-0.1, -0.05) is 12.1 Å². The Hall–Kier alpha value is -3.45. The van der Waals surface area contributed by atoms with Gasteiger partial charge >= 0.3 is 17.9 Å². The number of hydrogen-bond donors (Lipinski definition) is 3. The number of carbonyl (C=O) groups excluding carboxylic acids is 3. The zero-order chi connectivity index (χ0) is 26.7. The number of ether oxygens (including phenoxy) is 6. The van der Waals surface area contributed by atoms with Crippen LogP contribution in [0.25, 0.3) is 0 Å². The van der Waals surface area contributed by atoms with E-state index in [4.69, 9.17) is 28.4 Å². The van der Waals surface area contributed by atoms with Crippen molar-refractivity contribution < 1.29 is 58.1 Å². The molecule has 2 fully saturated rings. The Balaban J connectivity index is 1.64. The third-order valence-electron chi connectivity index (χ3n) is 6.37. The lowest BCUT2D eigenvalue weighted by atomic mass is 9.81. The molecule has 0 radical (unpaired) electrons. The Morgan fingerprint density at radius 3 is 2.68 bits per heavy atom. The number of phenols is 1. The highest BCUT2D eigenvalue weighted by Crippen LogP contribution is 2.39. The molecule has 0 spiro atoms. The van der Waals surface area contributed by atoms with Crippen LogP contribution in [0.5, 0.6) is 5.75 Å². The topological polar surface area (TPSA) is 167 Å². The molecule has 3 heterocycles. The molecule has 4 rings (SSSR count). The van der Waals surface area contributed by atoms with Crippen LogP contribution in [-0.2, 0) is 38.0 Å². The number of hydrogen-bond acceptors (Lipinski definition) is 12. The summed E-state index contributed by atoms with van der Waals surface area (Å²) in [6, 6.07) is 5.35. The fraction of sp³-hybridized carbons (Fsp3) is 0.480. The molecule has 200 valence electrons. The molecule has 12 nitrogen and oxygen atoms in total. The van der Waals surface area contributed by atoms with Gasteiger partial charge in [0.2, 0.25) is 12.6 Å². The van der Waals surface area contributed by atoms with Crippen LogP contribution < -0.4 is 0 Å². The van der Waals surface area contributed by atoms with Gasteiger partial charge in [0.25, 0.3) is 0 Å². The summed E-state index contributed by atoms with van der Waals surface area (Å²) in [5.74, 6) is -3.26. The number of carbonyl (C=O) groups is 3. The van der Waals surface area contributed by atoms with Crippen LogP contribution in [0, 0.1) is 11.8 Å². The summed E-state index contributed by atoms with van der Waals surface area (Å²) >= 11 is 0. The molecular weight excluding hydrogens is 492 g/mol. The zero-order valence-electron chi connectivity index (χ0n) is 19.9. The van der Waals surface area contributed by atoms with E-state index in [1.54, 1.807) is 6.08 Å². The van der Waals surface area contributed by atoms with Crippen molar-refractivity contribution in [2.24, 2.45) is 11.8 Å². The second-order valence-electron chi connectivity index (χ2n) is 8.77. The first-order chi connectivity index (χ1) is 17.7. The summed E-state index contributed by atoms with van der Waals surface area (Å²) in [6.07, 6.45) is -5.09. The normalized spacial score (nSPS) is 33.2. The first kappa shape index (κ1) is 26.6. The van der Waals surface area contributed by atoms with Gasteiger partial charge in [0.1, 0.15) is 18.0 Å². The smallest absolute Gasteiger partial charge is 0.338 e. The highest BCUT2D eigenvalue weighted by molar-refractivity contribution is 5.90. The number of aliphatic hydroxyl groups excluding tert-OH is 2. The van der Waals surface area contributed by atoms with E-state index < -0.39 is 67.4 Å². The van der Waals surface area contributed by atoms with Crippen molar-refractivity contribution in [1.82, 2.24) is 0 Å². The van der Waals surface area contributed by atoms with Gasteiger partial charge in [-0.3, -0.25) is 4.79 Å². The van der Waals surface area contributed by atoms with Gasteiger partial charge in [-0.25, -0.2) is 9.59 Å². The Labute approximate surface area is 212 Å². The molecule has 3 aliphatic rings. The molecule has 1 aromatic carbocycles. The third kappa shape index (κ3) is 5.62. The minimum absolute atomic E-state index is 0.0229. The van der Waals surface area contributed by atoms with Crippen molar-refractivity contribution in [3.63, 3.8) is 0 Å². The molecule has 0 bridgehead atoms. The molecule has 0 aromatic heterocycles. The summed E-state index contributed by atoms with van der Waals surface area (Å²) in [7, 11) is 0. The summed E-state index contributed by atoms with van der Waals surface area (Å²) in [5, 5.41) is 30.2. The van der Waals surface area contributed by atoms with E-state index in [1.807, 2.05) is 0 Å². The molecule has 1 aromatic rings. The van der Waals surface area contributed by atoms with E-state index in [0.717, 1.165) is 6.92 Å². The maximum absolute atomic E-state index is 12.9. The van der Waals surface area contributed by atoms with Gasteiger partial charge in [-0.2, -0.15) is 0 Å². The molecule has 37 heavy (non-hydrogen) atoms. The minimum atomic E-state index is -1.57. The van der Waals surface area contributed by atoms with E-state index in [0.29, 0.717) is 12.0 Å². The van der Waals surface area contributed by atoms with Gasteiger partial charge in [0, 0.05) is 18.8 Å². The Kier molecular flexibility index (Phi) is 8.13. The molecule has 12 heteroatoms. The predicted molar refractivity (Wildman–Crippen MR) is 121 cm³/mol. The lowest BCUT2D eigenvalue weighted by Crippen LogP contribution is -2.62. The van der Waals surface area contributed by atoms with Crippen LogP contribution in [-0.4, -0.2) is 83.4 Å². The number of aromatic hydroxyl groups is 1. The van der Waals surface area contributed by atoms with Crippen LogP contribution in [0.2, 0.25) is 0 Å². The Morgan fingerprint density at radius 2 is 2.00 bits per heavy atom.